The third-order valence-electron chi connectivity index (χ3n) is 7.60. The van der Waals surface area contributed by atoms with Crippen molar-refractivity contribution >= 4 is 17.1 Å². The van der Waals surface area contributed by atoms with Gasteiger partial charge in [-0.1, -0.05) is 18.2 Å². The topological polar surface area (TPSA) is 77.9 Å². The lowest BCUT2D eigenvalue weighted by molar-refractivity contribution is -0.0419. The molecule has 2 heterocycles. The number of nitrogens with zero attached hydrogens (tertiary/aromatic N) is 2. The van der Waals surface area contributed by atoms with E-state index >= 15 is 0 Å². The summed E-state index contributed by atoms with van der Waals surface area (Å²) in [7, 11) is 2.14. The molecule has 0 radical (unpaired) electrons. The number of aliphatic hydroxyl groups is 2. The lowest BCUT2D eigenvalue weighted by Gasteiger charge is -2.29. The molecular weight excluding hydrogens is 438 g/mol. The quantitative estimate of drug-likeness (QED) is 0.407. The van der Waals surface area contributed by atoms with Gasteiger partial charge in [0.1, 0.15) is 0 Å². The largest absolute Gasteiger partial charge is 0.383 e. The Labute approximate surface area is 207 Å². The van der Waals surface area contributed by atoms with Gasteiger partial charge >= 0.3 is 0 Å². The molecule has 2 aromatic carbocycles. The van der Waals surface area contributed by atoms with Crippen molar-refractivity contribution in [2.45, 2.75) is 50.2 Å². The number of nitrogens with one attached hydrogen (secondary N) is 1. The molecule has 6 heteroatoms. The lowest BCUT2D eigenvalue weighted by Crippen LogP contribution is -2.20. The van der Waals surface area contributed by atoms with Crippen molar-refractivity contribution in [2.75, 3.05) is 37.0 Å². The number of aliphatic hydroxyl groups excluding tert-OH is 1. The molecule has 6 nitrogen and oxygen atoms in total. The summed E-state index contributed by atoms with van der Waals surface area (Å²) in [6.07, 6.45) is 7.29. The molecule has 3 aromatic rings. The molecule has 1 aliphatic heterocycles. The second-order valence-corrected chi connectivity index (χ2v) is 9.73. The summed E-state index contributed by atoms with van der Waals surface area (Å²) < 4.78 is 5.51. The van der Waals surface area contributed by atoms with Crippen molar-refractivity contribution in [3.05, 3.63) is 83.2 Å². The van der Waals surface area contributed by atoms with Gasteiger partial charge < -0.3 is 25.2 Å². The monoisotopic (exact) mass is 473 g/mol. The van der Waals surface area contributed by atoms with Gasteiger partial charge in [-0.2, -0.15) is 0 Å². The standard InChI is InChI=1S/C29H35N3O3/c1-32(24-7-5-20(6-8-24)21-12-15-35-16-13-21)25-9-10-26-22(17-25)3-2-4-23(26)18-31-28-19-30-14-11-27(28)29(33)34/h5-11,14,17,19,21,23,29,31,33-34H,2-4,12-13,15-16,18H2,1H3/t23-/m0/s1. The Kier molecular flexibility index (Phi) is 7.32. The molecule has 2 aliphatic rings. The minimum Gasteiger partial charge on any atom is -0.383 e. The van der Waals surface area contributed by atoms with E-state index in [0.29, 0.717) is 23.1 Å². The molecule has 1 fully saturated rings. The molecule has 0 bridgehead atoms. The number of hydrogen-bond donors (Lipinski definition) is 3. The average Bonchev–Trinajstić information content (AvgIpc) is 2.92. The number of anilines is 3. The molecule has 0 saturated carbocycles. The van der Waals surface area contributed by atoms with Crippen LogP contribution in [-0.4, -0.2) is 42.0 Å². The van der Waals surface area contributed by atoms with Crippen molar-refractivity contribution < 1.29 is 14.9 Å². The summed E-state index contributed by atoms with van der Waals surface area (Å²) in [5.74, 6) is 0.988. The van der Waals surface area contributed by atoms with Crippen molar-refractivity contribution in [3.8, 4) is 0 Å². The van der Waals surface area contributed by atoms with Crippen molar-refractivity contribution in [3.63, 3.8) is 0 Å². The van der Waals surface area contributed by atoms with Crippen LogP contribution in [0.25, 0.3) is 0 Å². The fraction of sp³-hybridized carbons (Fsp3) is 0.414. The van der Waals surface area contributed by atoms with E-state index in [1.807, 2.05) is 0 Å². The third-order valence-corrected chi connectivity index (χ3v) is 7.60. The summed E-state index contributed by atoms with van der Waals surface area (Å²) in [6.45, 7) is 2.47. The Hall–Kier alpha value is -2.93. The van der Waals surface area contributed by atoms with E-state index in [1.165, 1.54) is 28.1 Å². The third kappa shape index (κ3) is 5.35. The first-order valence-electron chi connectivity index (χ1n) is 12.7. The van der Waals surface area contributed by atoms with E-state index in [1.54, 1.807) is 18.5 Å². The number of aryl methyl sites for hydroxylation is 1. The highest BCUT2D eigenvalue weighted by molar-refractivity contribution is 5.64. The molecule has 1 aliphatic carbocycles. The normalized spacial score (nSPS) is 18.3. The fourth-order valence-corrected chi connectivity index (χ4v) is 5.48. The first kappa shape index (κ1) is 23.8. The number of pyridine rings is 1. The first-order chi connectivity index (χ1) is 17.1. The maximum absolute atomic E-state index is 9.64. The van der Waals surface area contributed by atoms with Gasteiger partial charge in [-0.15, -0.1) is 0 Å². The van der Waals surface area contributed by atoms with Crippen molar-refractivity contribution in [2.24, 2.45) is 0 Å². The molecule has 1 saturated heterocycles. The molecule has 0 unspecified atom stereocenters. The molecule has 5 rings (SSSR count). The van der Waals surface area contributed by atoms with Crippen molar-refractivity contribution in [1.82, 2.24) is 4.98 Å². The van der Waals surface area contributed by atoms with Crippen LogP contribution in [0.15, 0.2) is 60.9 Å². The van der Waals surface area contributed by atoms with Gasteiger partial charge in [-0.05, 0) is 85.0 Å². The number of aromatic nitrogens is 1. The maximum Gasteiger partial charge on any atom is 0.180 e. The van der Waals surface area contributed by atoms with Crippen LogP contribution < -0.4 is 10.2 Å². The summed E-state index contributed by atoms with van der Waals surface area (Å²) in [4.78, 5) is 6.40. The molecule has 35 heavy (non-hydrogen) atoms. The van der Waals surface area contributed by atoms with Gasteiger partial charge in [0.25, 0.3) is 0 Å². The zero-order chi connectivity index (χ0) is 24.2. The Morgan fingerprint density at radius 3 is 2.57 bits per heavy atom. The second kappa shape index (κ2) is 10.8. The van der Waals surface area contributed by atoms with Crippen LogP contribution in [0, 0.1) is 0 Å². The van der Waals surface area contributed by atoms with E-state index in [9.17, 15) is 10.2 Å². The molecule has 0 amide bonds. The highest BCUT2D eigenvalue weighted by Crippen LogP contribution is 2.36. The second-order valence-electron chi connectivity index (χ2n) is 9.73. The highest BCUT2D eigenvalue weighted by atomic mass is 16.5. The van der Waals surface area contributed by atoms with Crippen LogP contribution in [0.2, 0.25) is 0 Å². The van der Waals surface area contributed by atoms with E-state index in [0.717, 1.165) is 51.9 Å². The van der Waals surface area contributed by atoms with Crippen LogP contribution >= 0.6 is 0 Å². The Balaban J connectivity index is 1.28. The molecule has 0 spiro atoms. The lowest BCUT2D eigenvalue weighted by atomic mass is 9.82. The molecule has 3 N–H and O–H groups in total. The zero-order valence-corrected chi connectivity index (χ0v) is 20.4. The van der Waals surface area contributed by atoms with Crippen LogP contribution in [-0.2, 0) is 11.2 Å². The van der Waals surface area contributed by atoms with Crippen LogP contribution in [0.4, 0.5) is 17.1 Å². The summed E-state index contributed by atoms with van der Waals surface area (Å²) >= 11 is 0. The van der Waals surface area contributed by atoms with Gasteiger partial charge in [0.05, 0.1) is 11.9 Å². The number of rotatable bonds is 7. The first-order valence-corrected chi connectivity index (χ1v) is 12.7. The van der Waals surface area contributed by atoms with Crippen molar-refractivity contribution in [1.29, 1.82) is 0 Å². The van der Waals surface area contributed by atoms with E-state index in [-0.39, 0.29) is 0 Å². The van der Waals surface area contributed by atoms with E-state index in [4.69, 9.17) is 4.74 Å². The smallest absolute Gasteiger partial charge is 0.180 e. The minimum absolute atomic E-state index is 0.376. The summed E-state index contributed by atoms with van der Waals surface area (Å²) in [5, 5.41) is 22.7. The zero-order valence-electron chi connectivity index (χ0n) is 20.4. The van der Waals surface area contributed by atoms with E-state index in [2.05, 4.69) is 64.7 Å². The number of fused-ring (bicyclic) bond motifs is 1. The molecule has 1 atom stereocenters. The summed E-state index contributed by atoms with van der Waals surface area (Å²) in [6, 6.07) is 17.5. The Morgan fingerprint density at radius 2 is 1.80 bits per heavy atom. The maximum atomic E-state index is 9.64. The van der Waals surface area contributed by atoms with E-state index < -0.39 is 6.29 Å². The van der Waals surface area contributed by atoms with Gasteiger partial charge in [0.2, 0.25) is 0 Å². The number of benzene rings is 2. The number of hydrogen-bond acceptors (Lipinski definition) is 6. The Bertz CT molecular complexity index is 1130. The predicted octanol–water partition coefficient (Wildman–Crippen LogP) is 5.26. The molecule has 1 aromatic heterocycles. The molecule has 184 valence electrons. The van der Waals surface area contributed by atoms with Crippen LogP contribution in [0.3, 0.4) is 0 Å². The van der Waals surface area contributed by atoms with Gasteiger partial charge in [-0.25, -0.2) is 0 Å². The Morgan fingerprint density at radius 1 is 1.03 bits per heavy atom. The van der Waals surface area contributed by atoms with Gasteiger partial charge in [0.15, 0.2) is 6.29 Å². The highest BCUT2D eigenvalue weighted by Gasteiger charge is 2.22. The fourth-order valence-electron chi connectivity index (χ4n) is 5.48. The average molecular weight is 474 g/mol. The van der Waals surface area contributed by atoms with Crippen LogP contribution in [0.5, 0.6) is 0 Å². The predicted molar refractivity (Wildman–Crippen MR) is 139 cm³/mol. The molecular formula is C29H35N3O3. The van der Waals surface area contributed by atoms with Crippen LogP contribution in [0.1, 0.15) is 66.1 Å². The van der Waals surface area contributed by atoms with Gasteiger partial charge in [-0.3, -0.25) is 4.98 Å². The minimum atomic E-state index is -1.51. The van der Waals surface area contributed by atoms with Gasteiger partial charge in [0, 0.05) is 55.9 Å². The number of ether oxygens (including phenoxy) is 1. The summed E-state index contributed by atoms with van der Waals surface area (Å²) in [5.41, 5.74) is 7.73. The SMILES string of the molecule is CN(c1ccc(C2CCOCC2)cc1)c1ccc2c(c1)CCC[C@H]2CNc1cnccc1C(O)O.